The summed E-state index contributed by atoms with van der Waals surface area (Å²) >= 11 is 0. The highest BCUT2D eigenvalue weighted by atomic mass is 16.5. The van der Waals surface area contributed by atoms with Crippen LogP contribution in [0.3, 0.4) is 0 Å². The lowest BCUT2D eigenvalue weighted by Gasteiger charge is -2.30. The van der Waals surface area contributed by atoms with Gasteiger partial charge in [0.05, 0.1) is 0 Å². The Morgan fingerprint density at radius 2 is 2.00 bits per heavy atom. The summed E-state index contributed by atoms with van der Waals surface area (Å²) in [5.41, 5.74) is 6.88. The van der Waals surface area contributed by atoms with Gasteiger partial charge in [-0.15, -0.1) is 0 Å². The molecule has 7 heteroatoms. The summed E-state index contributed by atoms with van der Waals surface area (Å²) in [6.07, 6.45) is 1.69. The predicted molar refractivity (Wildman–Crippen MR) is 100.0 cm³/mol. The first-order chi connectivity index (χ1) is 12.5. The number of aryl methyl sites for hydroxylation is 1. The zero-order valence-corrected chi connectivity index (χ0v) is 15.7. The smallest absolute Gasteiger partial charge is 0.260 e. The average Bonchev–Trinajstić information content (AvgIpc) is 2.99. The van der Waals surface area contributed by atoms with Crippen molar-refractivity contribution in [1.29, 1.82) is 0 Å². The Bertz CT molecular complexity index is 744. The van der Waals surface area contributed by atoms with Gasteiger partial charge in [0.2, 0.25) is 5.95 Å². The summed E-state index contributed by atoms with van der Waals surface area (Å²) < 4.78 is 7.40. The fourth-order valence-electron chi connectivity index (χ4n) is 3.30. The van der Waals surface area contributed by atoms with E-state index in [2.05, 4.69) is 23.9 Å². The number of carbonyl (C=O) groups is 1. The van der Waals surface area contributed by atoms with Crippen molar-refractivity contribution in [1.82, 2.24) is 19.7 Å². The first-order valence-corrected chi connectivity index (χ1v) is 9.11. The van der Waals surface area contributed by atoms with Crippen molar-refractivity contribution in [2.45, 2.75) is 38.5 Å². The molecule has 2 N–H and O–H groups in total. The van der Waals surface area contributed by atoms with E-state index in [1.165, 1.54) is 0 Å². The highest BCUT2D eigenvalue weighted by Crippen LogP contribution is 2.27. The number of carbonyl (C=O) groups excluding carboxylic acids is 1. The molecule has 26 heavy (non-hydrogen) atoms. The molecule has 0 atom stereocenters. The lowest BCUT2D eigenvalue weighted by Crippen LogP contribution is -2.40. The average molecular weight is 357 g/mol. The molecule has 1 fully saturated rings. The van der Waals surface area contributed by atoms with E-state index in [4.69, 9.17) is 10.5 Å². The van der Waals surface area contributed by atoms with Crippen LogP contribution in [0.5, 0.6) is 5.75 Å². The van der Waals surface area contributed by atoms with Crippen LogP contribution in [0.25, 0.3) is 0 Å². The summed E-state index contributed by atoms with van der Waals surface area (Å²) in [7, 11) is 1.79. The second-order valence-corrected chi connectivity index (χ2v) is 7.09. The van der Waals surface area contributed by atoms with E-state index >= 15 is 0 Å². The van der Waals surface area contributed by atoms with E-state index < -0.39 is 0 Å². The van der Waals surface area contributed by atoms with Gasteiger partial charge in [-0.1, -0.05) is 32.0 Å². The van der Waals surface area contributed by atoms with Crippen LogP contribution >= 0.6 is 0 Å². The van der Waals surface area contributed by atoms with Crippen LogP contribution in [-0.4, -0.2) is 45.3 Å². The quantitative estimate of drug-likeness (QED) is 0.887. The van der Waals surface area contributed by atoms with Crippen LogP contribution in [0.15, 0.2) is 24.3 Å². The predicted octanol–water partition coefficient (Wildman–Crippen LogP) is 2.31. The fraction of sp³-hybridized carbons (Fsp3) is 0.526. The van der Waals surface area contributed by atoms with Crippen molar-refractivity contribution in [2.75, 3.05) is 25.4 Å². The number of anilines is 1. The van der Waals surface area contributed by atoms with E-state index in [1.54, 1.807) is 11.7 Å². The number of likely N-dealkylation sites (tertiary alicyclic amines) is 1. The topological polar surface area (TPSA) is 86.3 Å². The Hall–Kier alpha value is -2.57. The van der Waals surface area contributed by atoms with Gasteiger partial charge in [-0.2, -0.15) is 10.1 Å². The maximum atomic E-state index is 12.5. The molecule has 1 amide bonds. The molecule has 2 heterocycles. The molecule has 0 radical (unpaired) electrons. The second-order valence-electron chi connectivity index (χ2n) is 7.09. The Labute approximate surface area is 154 Å². The van der Waals surface area contributed by atoms with Gasteiger partial charge in [-0.3, -0.25) is 4.79 Å². The number of aromatic nitrogens is 3. The van der Waals surface area contributed by atoms with Crippen molar-refractivity contribution in [3.63, 3.8) is 0 Å². The fourth-order valence-corrected chi connectivity index (χ4v) is 3.30. The molecule has 1 aromatic heterocycles. The lowest BCUT2D eigenvalue weighted by atomic mass is 9.96. The second kappa shape index (κ2) is 7.76. The van der Waals surface area contributed by atoms with Crippen LogP contribution < -0.4 is 10.5 Å². The number of nitrogen functional groups attached to an aromatic ring is 1. The SMILES string of the molecule is CC(C)c1ccccc1OCC(=O)N1CCC(c2nc(N)n(C)n2)CC1. The number of benzene rings is 1. The van der Waals surface area contributed by atoms with Crippen LogP contribution in [-0.2, 0) is 11.8 Å². The Morgan fingerprint density at radius 3 is 2.62 bits per heavy atom. The maximum Gasteiger partial charge on any atom is 0.260 e. The Kier molecular flexibility index (Phi) is 5.44. The first-order valence-electron chi connectivity index (χ1n) is 9.11. The number of hydrogen-bond acceptors (Lipinski definition) is 5. The van der Waals surface area contributed by atoms with E-state index in [0.717, 1.165) is 30.0 Å². The zero-order valence-electron chi connectivity index (χ0n) is 15.7. The molecule has 140 valence electrons. The third-order valence-electron chi connectivity index (χ3n) is 4.92. The minimum atomic E-state index is 0.0236. The highest BCUT2D eigenvalue weighted by Gasteiger charge is 2.27. The molecule has 3 rings (SSSR count). The first kappa shape index (κ1) is 18.2. The molecule has 1 aliphatic heterocycles. The number of ether oxygens (including phenoxy) is 1. The van der Waals surface area contributed by atoms with Gasteiger partial charge in [0.25, 0.3) is 5.91 Å². The van der Waals surface area contributed by atoms with Crippen molar-refractivity contribution in [3.05, 3.63) is 35.7 Å². The molecular formula is C19H27N5O2. The number of amides is 1. The number of hydrogen-bond donors (Lipinski definition) is 1. The maximum absolute atomic E-state index is 12.5. The minimum absolute atomic E-state index is 0.0236. The summed E-state index contributed by atoms with van der Waals surface area (Å²) in [6, 6.07) is 7.89. The van der Waals surface area contributed by atoms with E-state index in [1.807, 2.05) is 29.2 Å². The van der Waals surface area contributed by atoms with E-state index in [0.29, 0.717) is 25.0 Å². The molecule has 0 unspecified atom stereocenters. The molecule has 1 aromatic carbocycles. The van der Waals surface area contributed by atoms with Gasteiger partial charge in [-0.05, 0) is 30.4 Å². The number of para-hydroxylation sites is 1. The Morgan fingerprint density at radius 1 is 1.31 bits per heavy atom. The third kappa shape index (κ3) is 3.98. The van der Waals surface area contributed by atoms with Crippen LogP contribution in [0, 0.1) is 0 Å². The van der Waals surface area contributed by atoms with Crippen LogP contribution in [0.2, 0.25) is 0 Å². The molecule has 1 saturated heterocycles. The van der Waals surface area contributed by atoms with Crippen LogP contribution in [0.1, 0.15) is 49.9 Å². The van der Waals surface area contributed by atoms with Crippen LogP contribution in [0.4, 0.5) is 5.95 Å². The summed E-state index contributed by atoms with van der Waals surface area (Å²) in [5.74, 6) is 2.63. The summed E-state index contributed by atoms with van der Waals surface area (Å²) in [4.78, 5) is 18.7. The Balaban J connectivity index is 1.53. The monoisotopic (exact) mass is 357 g/mol. The minimum Gasteiger partial charge on any atom is -0.483 e. The van der Waals surface area contributed by atoms with Gasteiger partial charge in [0.1, 0.15) is 5.75 Å². The van der Waals surface area contributed by atoms with Gasteiger partial charge in [0, 0.05) is 26.1 Å². The van der Waals surface area contributed by atoms with Crippen molar-refractivity contribution in [3.8, 4) is 5.75 Å². The van der Waals surface area contributed by atoms with Gasteiger partial charge < -0.3 is 15.4 Å². The van der Waals surface area contributed by atoms with Gasteiger partial charge >= 0.3 is 0 Å². The van der Waals surface area contributed by atoms with Crippen molar-refractivity contribution >= 4 is 11.9 Å². The highest BCUT2D eigenvalue weighted by molar-refractivity contribution is 5.78. The van der Waals surface area contributed by atoms with Gasteiger partial charge in [0.15, 0.2) is 12.4 Å². The molecule has 0 spiro atoms. The van der Waals surface area contributed by atoms with Gasteiger partial charge in [-0.25, -0.2) is 4.68 Å². The summed E-state index contributed by atoms with van der Waals surface area (Å²) in [6.45, 7) is 5.69. The number of piperidine rings is 1. The normalized spacial score (nSPS) is 15.5. The standard InChI is InChI=1S/C19H27N5O2/c1-13(2)15-6-4-5-7-16(15)26-12-17(25)24-10-8-14(9-11-24)18-21-19(20)23(3)22-18/h4-7,13-14H,8-12H2,1-3H3,(H2,20,21,22). The molecule has 7 nitrogen and oxygen atoms in total. The molecule has 2 aromatic rings. The number of nitrogens with zero attached hydrogens (tertiary/aromatic N) is 4. The molecular weight excluding hydrogens is 330 g/mol. The zero-order chi connectivity index (χ0) is 18.7. The molecule has 1 aliphatic rings. The lowest BCUT2D eigenvalue weighted by molar-refractivity contribution is -0.134. The molecule has 0 bridgehead atoms. The number of rotatable bonds is 5. The molecule has 0 saturated carbocycles. The summed E-state index contributed by atoms with van der Waals surface area (Å²) in [5, 5.41) is 4.36. The third-order valence-corrected chi connectivity index (χ3v) is 4.92. The van der Waals surface area contributed by atoms with Crippen molar-refractivity contribution in [2.24, 2.45) is 7.05 Å². The number of nitrogens with two attached hydrogens (primary N) is 1. The molecule has 0 aliphatic carbocycles. The largest absolute Gasteiger partial charge is 0.483 e. The van der Waals surface area contributed by atoms with E-state index in [-0.39, 0.29) is 18.4 Å². The van der Waals surface area contributed by atoms with E-state index in [9.17, 15) is 4.79 Å². The van der Waals surface area contributed by atoms with Crippen molar-refractivity contribution < 1.29 is 9.53 Å².